The molecule has 0 fully saturated rings. The number of hydrogen-bond donors (Lipinski definition) is 1. The summed E-state index contributed by atoms with van der Waals surface area (Å²) in [5, 5.41) is 9.70. The van der Waals surface area contributed by atoms with Crippen molar-refractivity contribution >= 4 is 35.0 Å². The van der Waals surface area contributed by atoms with Crippen molar-refractivity contribution in [3.63, 3.8) is 0 Å². The summed E-state index contributed by atoms with van der Waals surface area (Å²) < 4.78 is 6.25. The number of carboxylic acids is 1. The van der Waals surface area contributed by atoms with Crippen LogP contribution in [0, 0.1) is 0 Å². The maximum atomic E-state index is 12.9. The fraction of sp³-hybridized carbons (Fsp3) is 0.200. The molecule has 0 amide bonds. The highest BCUT2D eigenvalue weighted by atomic mass is 35.5. The van der Waals surface area contributed by atoms with E-state index in [-0.39, 0.29) is 18.4 Å². The maximum absolute atomic E-state index is 12.9. The van der Waals surface area contributed by atoms with Crippen molar-refractivity contribution in [2.75, 3.05) is 20.1 Å². The lowest BCUT2D eigenvalue weighted by atomic mass is 10.0. The molecular weight excluding hydrogens is 449 g/mol. The number of carbonyl (C=O) groups is 2. The zero-order valence-corrected chi connectivity index (χ0v) is 19.0. The lowest BCUT2D eigenvalue weighted by Crippen LogP contribution is -2.28. The number of nitrogens with zero attached hydrogens (tertiary/aromatic N) is 1. The number of aliphatic carboxylic acids is 1. The lowest BCUT2D eigenvalue weighted by molar-refractivity contribution is -0.138. The second-order valence-corrected chi connectivity index (χ2v) is 8.24. The van der Waals surface area contributed by atoms with E-state index in [2.05, 4.69) is 0 Å². The Balaban J connectivity index is 1.79. The summed E-state index contributed by atoms with van der Waals surface area (Å²) in [7, 11) is 1.76. The van der Waals surface area contributed by atoms with Crippen LogP contribution >= 0.6 is 23.2 Å². The third kappa shape index (κ3) is 6.57. The number of halogens is 2. The van der Waals surface area contributed by atoms with E-state index in [9.17, 15) is 9.59 Å². The molecule has 3 aromatic rings. The second kappa shape index (κ2) is 11.1. The van der Waals surface area contributed by atoms with E-state index in [1.54, 1.807) is 54.4 Å². The van der Waals surface area contributed by atoms with E-state index < -0.39 is 5.97 Å². The predicted molar refractivity (Wildman–Crippen MR) is 126 cm³/mol. The molecule has 0 aliphatic heterocycles. The first kappa shape index (κ1) is 23.8. The minimum absolute atomic E-state index is 0.0465. The number of carbonyl (C=O) groups excluding carboxylic acids is 1. The van der Waals surface area contributed by atoms with Gasteiger partial charge in [0.1, 0.15) is 11.9 Å². The lowest BCUT2D eigenvalue weighted by Gasteiger charge is -2.23. The summed E-state index contributed by atoms with van der Waals surface area (Å²) in [6.45, 7) is 0.489. The Bertz CT molecular complexity index is 1090. The fourth-order valence-corrected chi connectivity index (χ4v) is 3.59. The molecule has 0 aromatic heterocycles. The van der Waals surface area contributed by atoms with Crippen LogP contribution in [-0.2, 0) is 4.79 Å². The van der Waals surface area contributed by atoms with Crippen LogP contribution in [-0.4, -0.2) is 41.9 Å². The Morgan fingerprint density at radius 3 is 2.34 bits per heavy atom. The quantitative estimate of drug-likeness (QED) is 0.381. The molecule has 32 heavy (non-hydrogen) atoms. The summed E-state index contributed by atoms with van der Waals surface area (Å²) in [6.07, 6.45) is 0.279. The number of ketones is 1. The van der Waals surface area contributed by atoms with Crippen LogP contribution in [0.4, 0.5) is 0 Å². The maximum Gasteiger partial charge on any atom is 0.317 e. The zero-order chi connectivity index (χ0) is 23.1. The standard InChI is InChI=1S/C25H23Cl2NO4/c1-28(16-24(29)30)13-12-23(17-6-3-2-4-7-17)32-20-9-5-8-18(14-20)25(31)19-10-11-21(26)22(27)15-19/h2-11,14-15,23H,12-13,16H2,1H3,(H,29,30). The largest absolute Gasteiger partial charge is 0.486 e. The van der Waals surface area contributed by atoms with E-state index in [0.717, 1.165) is 5.56 Å². The van der Waals surface area contributed by atoms with Crippen molar-refractivity contribution < 1.29 is 19.4 Å². The van der Waals surface area contributed by atoms with Crippen molar-refractivity contribution in [3.05, 3.63) is 99.5 Å². The van der Waals surface area contributed by atoms with Gasteiger partial charge in [-0.3, -0.25) is 14.5 Å². The topological polar surface area (TPSA) is 66.8 Å². The van der Waals surface area contributed by atoms with Gasteiger partial charge in [-0.15, -0.1) is 0 Å². The van der Waals surface area contributed by atoms with E-state index in [1.807, 2.05) is 30.3 Å². The normalized spacial score (nSPS) is 11.9. The second-order valence-electron chi connectivity index (χ2n) is 7.42. The van der Waals surface area contributed by atoms with Gasteiger partial charge in [-0.05, 0) is 42.9 Å². The van der Waals surface area contributed by atoms with E-state index in [4.69, 9.17) is 33.0 Å². The number of ether oxygens (including phenoxy) is 1. The number of rotatable bonds is 10. The highest BCUT2D eigenvalue weighted by Crippen LogP contribution is 2.28. The minimum atomic E-state index is -0.877. The summed E-state index contributed by atoms with van der Waals surface area (Å²) in [5.74, 6) is -0.518. The Morgan fingerprint density at radius 2 is 1.66 bits per heavy atom. The third-order valence-corrected chi connectivity index (χ3v) is 5.64. The molecule has 5 nitrogen and oxygen atoms in total. The Hall–Kier alpha value is -2.86. The van der Waals surface area contributed by atoms with Gasteiger partial charge < -0.3 is 9.84 Å². The van der Waals surface area contributed by atoms with E-state index in [1.165, 1.54) is 0 Å². The first-order chi connectivity index (χ1) is 15.3. The molecule has 0 heterocycles. The van der Waals surface area contributed by atoms with E-state index >= 15 is 0 Å². The predicted octanol–water partition coefficient (Wildman–Crippen LogP) is 5.75. The van der Waals surface area contributed by atoms with Crippen molar-refractivity contribution in [2.45, 2.75) is 12.5 Å². The highest BCUT2D eigenvalue weighted by molar-refractivity contribution is 6.42. The molecule has 0 saturated carbocycles. The van der Waals surface area contributed by atoms with Crippen LogP contribution in [0.15, 0.2) is 72.8 Å². The molecule has 1 N–H and O–H groups in total. The Kier molecular flexibility index (Phi) is 8.28. The Labute approximate surface area is 197 Å². The number of benzene rings is 3. The van der Waals surface area contributed by atoms with Gasteiger partial charge in [-0.2, -0.15) is 0 Å². The molecule has 0 saturated heterocycles. The van der Waals surface area contributed by atoms with Crippen molar-refractivity contribution in [3.8, 4) is 5.75 Å². The van der Waals surface area contributed by atoms with Crippen LogP contribution < -0.4 is 4.74 Å². The first-order valence-corrected chi connectivity index (χ1v) is 10.8. The van der Waals surface area contributed by atoms with Crippen LogP contribution in [0.5, 0.6) is 5.75 Å². The van der Waals surface area contributed by atoms with Crippen molar-refractivity contribution in [1.82, 2.24) is 4.90 Å². The molecule has 1 atom stereocenters. The average Bonchev–Trinajstić information content (AvgIpc) is 2.78. The highest BCUT2D eigenvalue weighted by Gasteiger charge is 2.17. The van der Waals surface area contributed by atoms with Gasteiger partial charge in [0.15, 0.2) is 5.78 Å². The van der Waals surface area contributed by atoms with Gasteiger partial charge in [-0.1, -0.05) is 65.7 Å². The van der Waals surface area contributed by atoms with Gasteiger partial charge in [-0.25, -0.2) is 0 Å². The van der Waals surface area contributed by atoms with Gasteiger partial charge in [0, 0.05) is 24.1 Å². The molecular formula is C25H23Cl2NO4. The smallest absolute Gasteiger partial charge is 0.317 e. The number of carboxylic acid groups (broad SMARTS) is 1. The van der Waals surface area contributed by atoms with Gasteiger partial charge in [0.05, 0.1) is 16.6 Å². The summed E-state index contributed by atoms with van der Waals surface area (Å²) >= 11 is 12.0. The van der Waals surface area contributed by atoms with Gasteiger partial charge in [0.2, 0.25) is 0 Å². The first-order valence-electron chi connectivity index (χ1n) is 10.0. The van der Waals surface area contributed by atoms with Crippen molar-refractivity contribution in [1.29, 1.82) is 0 Å². The summed E-state index contributed by atoms with van der Waals surface area (Å²) in [5.41, 5.74) is 1.87. The minimum Gasteiger partial charge on any atom is -0.486 e. The van der Waals surface area contributed by atoms with Crippen molar-refractivity contribution in [2.24, 2.45) is 0 Å². The summed E-state index contributed by atoms with van der Waals surface area (Å²) in [6, 6.07) is 21.5. The average molecular weight is 472 g/mol. The molecule has 166 valence electrons. The molecule has 0 bridgehead atoms. The number of likely N-dealkylation sites (N-methyl/N-ethyl adjacent to an activating group) is 1. The molecule has 3 rings (SSSR count). The van der Waals surface area contributed by atoms with Crippen LogP contribution in [0.3, 0.4) is 0 Å². The third-order valence-electron chi connectivity index (χ3n) is 4.91. The van der Waals surface area contributed by atoms with E-state index in [0.29, 0.717) is 39.9 Å². The van der Waals surface area contributed by atoms with Gasteiger partial charge >= 0.3 is 5.97 Å². The molecule has 0 aliphatic carbocycles. The molecule has 0 radical (unpaired) electrons. The zero-order valence-electron chi connectivity index (χ0n) is 17.5. The molecule has 7 heteroatoms. The van der Waals surface area contributed by atoms with Crippen LogP contribution in [0.1, 0.15) is 34.0 Å². The Morgan fingerprint density at radius 1 is 0.938 bits per heavy atom. The van der Waals surface area contributed by atoms with Crippen LogP contribution in [0.2, 0.25) is 10.0 Å². The number of hydrogen-bond acceptors (Lipinski definition) is 4. The molecule has 1 unspecified atom stereocenters. The molecule has 0 spiro atoms. The van der Waals surface area contributed by atoms with Crippen LogP contribution in [0.25, 0.3) is 0 Å². The molecule has 3 aromatic carbocycles. The van der Waals surface area contributed by atoms with Gasteiger partial charge in [0.25, 0.3) is 0 Å². The molecule has 0 aliphatic rings. The fourth-order valence-electron chi connectivity index (χ4n) is 3.29. The SMILES string of the molecule is CN(CCC(Oc1cccc(C(=O)c2ccc(Cl)c(Cl)c2)c1)c1ccccc1)CC(=O)O. The monoisotopic (exact) mass is 471 g/mol. The summed E-state index contributed by atoms with van der Waals surface area (Å²) in [4.78, 5) is 25.6.